The largest absolute Gasteiger partial charge is 0.486 e. The van der Waals surface area contributed by atoms with E-state index in [2.05, 4.69) is 0 Å². The number of fused-ring (bicyclic) bond motifs is 2. The van der Waals surface area contributed by atoms with Crippen LogP contribution in [-0.2, 0) is 40.4 Å². The Bertz CT molecular complexity index is 1820. The zero-order valence-electron chi connectivity index (χ0n) is 27.0. The van der Waals surface area contributed by atoms with Crippen molar-refractivity contribution in [1.82, 2.24) is 9.80 Å². The van der Waals surface area contributed by atoms with E-state index in [1.807, 2.05) is 66.4 Å². The van der Waals surface area contributed by atoms with Gasteiger partial charge in [0, 0.05) is 32.1 Å². The van der Waals surface area contributed by atoms with Crippen LogP contribution in [0.25, 0.3) is 0 Å². The summed E-state index contributed by atoms with van der Waals surface area (Å²) in [6.07, 6.45) is 0.538. The van der Waals surface area contributed by atoms with E-state index in [-0.39, 0.29) is 23.8 Å². The van der Waals surface area contributed by atoms with Crippen LogP contribution >= 0.6 is 23.2 Å². The number of methoxy groups -OCH3 is 1. The molecule has 0 radical (unpaired) electrons. The van der Waals surface area contributed by atoms with Crippen LogP contribution < -0.4 is 9.47 Å². The highest BCUT2D eigenvalue weighted by molar-refractivity contribution is 6.42. The van der Waals surface area contributed by atoms with Crippen LogP contribution in [0.3, 0.4) is 0 Å². The molecule has 48 heavy (non-hydrogen) atoms. The SMILES string of the molecule is CC[C@@H](Oc1ccc([C@H]2CN(C(C)=O)Cc3cc4c(cc3O2)CN(Cc2cccc(F)c2)[C@H](C(=O)OC)C4)cc1)c1ccc(Cl)c(Cl)c1. The lowest BCUT2D eigenvalue weighted by Gasteiger charge is -2.35. The number of halogens is 3. The molecule has 0 saturated carbocycles. The Morgan fingerprint density at radius 2 is 1.75 bits per heavy atom. The maximum absolute atomic E-state index is 14.0. The molecule has 4 aromatic rings. The molecule has 2 aliphatic heterocycles. The van der Waals surface area contributed by atoms with E-state index in [1.54, 1.807) is 24.0 Å². The normalized spacial score (nSPS) is 18.2. The lowest BCUT2D eigenvalue weighted by Crippen LogP contribution is -2.45. The number of hydrogen-bond acceptors (Lipinski definition) is 6. The maximum Gasteiger partial charge on any atom is 0.323 e. The average Bonchev–Trinajstić information content (AvgIpc) is 3.26. The zero-order valence-corrected chi connectivity index (χ0v) is 28.6. The molecular formula is C38H37Cl2FN2O5. The second kappa shape index (κ2) is 14.6. The summed E-state index contributed by atoms with van der Waals surface area (Å²) in [5.74, 6) is 0.659. The van der Waals surface area contributed by atoms with Crippen LogP contribution in [0, 0.1) is 5.82 Å². The Kier molecular flexibility index (Phi) is 10.2. The van der Waals surface area contributed by atoms with E-state index < -0.39 is 12.1 Å². The Morgan fingerprint density at radius 1 is 0.958 bits per heavy atom. The molecule has 6 rings (SSSR count). The molecular weight excluding hydrogens is 654 g/mol. The number of ether oxygens (including phenoxy) is 3. The van der Waals surface area contributed by atoms with Crippen molar-refractivity contribution < 1.29 is 28.2 Å². The topological polar surface area (TPSA) is 68.3 Å². The number of carbonyl (C=O) groups excluding carboxylic acids is 2. The van der Waals surface area contributed by atoms with Crippen molar-refractivity contribution in [2.45, 2.75) is 64.6 Å². The van der Waals surface area contributed by atoms with Crippen molar-refractivity contribution in [3.8, 4) is 11.5 Å². The van der Waals surface area contributed by atoms with E-state index in [1.165, 1.54) is 19.2 Å². The van der Waals surface area contributed by atoms with Gasteiger partial charge in [0.25, 0.3) is 0 Å². The van der Waals surface area contributed by atoms with Crippen molar-refractivity contribution in [3.63, 3.8) is 0 Å². The number of carbonyl (C=O) groups is 2. The molecule has 2 aliphatic rings. The minimum absolute atomic E-state index is 0.0600. The summed E-state index contributed by atoms with van der Waals surface area (Å²) in [4.78, 5) is 29.5. The highest BCUT2D eigenvalue weighted by Gasteiger charge is 2.35. The molecule has 0 N–H and O–H groups in total. The summed E-state index contributed by atoms with van der Waals surface area (Å²) in [7, 11) is 1.38. The van der Waals surface area contributed by atoms with Gasteiger partial charge in [-0.15, -0.1) is 0 Å². The molecule has 0 spiro atoms. The fourth-order valence-corrected chi connectivity index (χ4v) is 6.76. The molecule has 3 atom stereocenters. The minimum atomic E-state index is -0.531. The van der Waals surface area contributed by atoms with E-state index in [9.17, 15) is 14.0 Å². The van der Waals surface area contributed by atoms with Gasteiger partial charge in [-0.1, -0.05) is 60.5 Å². The standard InChI is InChI=1S/C38H37Cl2FN2O5/c1-4-35(26-10-13-32(39)33(40)16-26)47-31-11-8-25(9-12-31)37-22-42(23(2)44)21-29-15-27-17-34(38(45)46-3)43(20-28(27)18-36(29)48-37)19-24-6-5-7-30(41)14-24/h5-16,18,34-35,37H,4,17,19-22H2,1-3H3/t34-,35+,37+/m0/s1. The van der Waals surface area contributed by atoms with Crippen molar-refractivity contribution in [2.24, 2.45) is 0 Å². The Labute approximate surface area is 290 Å². The summed E-state index contributed by atoms with van der Waals surface area (Å²) < 4.78 is 32.1. The molecule has 0 aromatic heterocycles. The molecule has 1 amide bonds. The first-order valence-corrected chi connectivity index (χ1v) is 16.7. The molecule has 0 saturated heterocycles. The summed E-state index contributed by atoms with van der Waals surface area (Å²) >= 11 is 12.4. The van der Waals surface area contributed by atoms with Crippen LogP contribution in [0.1, 0.15) is 65.9 Å². The summed E-state index contributed by atoms with van der Waals surface area (Å²) in [6, 6.07) is 23.2. The lowest BCUT2D eigenvalue weighted by molar-refractivity contribution is -0.148. The summed E-state index contributed by atoms with van der Waals surface area (Å²) in [6.45, 7) is 5.19. The van der Waals surface area contributed by atoms with Gasteiger partial charge in [-0.25, -0.2) is 4.39 Å². The van der Waals surface area contributed by atoms with E-state index >= 15 is 0 Å². The molecule has 0 bridgehead atoms. The predicted octanol–water partition coefficient (Wildman–Crippen LogP) is 8.24. The highest BCUT2D eigenvalue weighted by atomic mass is 35.5. The van der Waals surface area contributed by atoms with Gasteiger partial charge >= 0.3 is 5.97 Å². The maximum atomic E-state index is 14.0. The molecule has 0 aliphatic carbocycles. The quantitative estimate of drug-likeness (QED) is 0.174. The van der Waals surface area contributed by atoms with Crippen molar-refractivity contribution in [3.05, 3.63) is 128 Å². The van der Waals surface area contributed by atoms with Gasteiger partial charge < -0.3 is 19.1 Å². The number of rotatable bonds is 8. The predicted molar refractivity (Wildman–Crippen MR) is 183 cm³/mol. The molecule has 7 nitrogen and oxygen atoms in total. The smallest absolute Gasteiger partial charge is 0.323 e. The molecule has 0 unspecified atom stereocenters. The lowest BCUT2D eigenvalue weighted by atomic mass is 9.91. The van der Waals surface area contributed by atoms with Crippen LogP contribution in [0.4, 0.5) is 4.39 Å². The third kappa shape index (κ3) is 7.46. The first-order valence-electron chi connectivity index (χ1n) is 16.0. The van der Waals surface area contributed by atoms with E-state index in [0.717, 1.165) is 39.8 Å². The van der Waals surface area contributed by atoms with Gasteiger partial charge in [0.15, 0.2) is 0 Å². The Balaban J connectivity index is 1.26. The number of benzene rings is 4. The summed E-state index contributed by atoms with van der Waals surface area (Å²) in [5, 5.41) is 0.979. The first kappa shape index (κ1) is 33.8. The van der Waals surface area contributed by atoms with Gasteiger partial charge in [-0.2, -0.15) is 0 Å². The Hall–Kier alpha value is -4.11. The third-order valence-corrected chi connectivity index (χ3v) is 9.78. The van der Waals surface area contributed by atoms with Gasteiger partial charge in [0.2, 0.25) is 5.91 Å². The molecule has 4 aromatic carbocycles. The molecule has 250 valence electrons. The molecule has 10 heteroatoms. The second-order valence-corrected chi connectivity index (χ2v) is 13.1. The van der Waals surface area contributed by atoms with Crippen LogP contribution in [0.5, 0.6) is 11.5 Å². The Morgan fingerprint density at radius 3 is 2.44 bits per heavy atom. The number of hydrogen-bond donors (Lipinski definition) is 0. The molecule has 2 heterocycles. The third-order valence-electron chi connectivity index (χ3n) is 9.04. The zero-order chi connectivity index (χ0) is 33.9. The van der Waals surface area contributed by atoms with Gasteiger partial charge in [0.05, 0.1) is 23.7 Å². The van der Waals surface area contributed by atoms with E-state index in [0.29, 0.717) is 54.1 Å². The van der Waals surface area contributed by atoms with Crippen LogP contribution in [0.2, 0.25) is 10.0 Å². The van der Waals surface area contributed by atoms with Gasteiger partial charge in [0.1, 0.15) is 35.6 Å². The highest BCUT2D eigenvalue weighted by Crippen LogP contribution is 2.38. The average molecular weight is 692 g/mol. The number of esters is 1. The fourth-order valence-electron chi connectivity index (χ4n) is 6.46. The van der Waals surface area contributed by atoms with Crippen molar-refractivity contribution >= 4 is 35.1 Å². The van der Waals surface area contributed by atoms with Crippen LogP contribution in [0.15, 0.2) is 78.9 Å². The number of nitrogens with zero attached hydrogens (tertiary/aromatic N) is 2. The number of amides is 1. The monoisotopic (exact) mass is 690 g/mol. The van der Waals surface area contributed by atoms with Gasteiger partial charge in [-0.3, -0.25) is 14.5 Å². The molecule has 0 fully saturated rings. The van der Waals surface area contributed by atoms with Crippen LogP contribution in [-0.4, -0.2) is 41.4 Å². The van der Waals surface area contributed by atoms with E-state index in [4.69, 9.17) is 37.4 Å². The van der Waals surface area contributed by atoms with Crippen molar-refractivity contribution in [1.29, 1.82) is 0 Å². The van der Waals surface area contributed by atoms with Crippen molar-refractivity contribution in [2.75, 3.05) is 13.7 Å². The fraction of sp³-hybridized carbons (Fsp3) is 0.316. The first-order chi connectivity index (χ1) is 23.1. The minimum Gasteiger partial charge on any atom is -0.486 e. The van der Waals surface area contributed by atoms with Gasteiger partial charge in [-0.05, 0) is 89.2 Å². The summed E-state index contributed by atoms with van der Waals surface area (Å²) in [5.41, 5.74) is 5.50. The second-order valence-electron chi connectivity index (χ2n) is 12.3.